The number of carbonyl (C=O) groups is 2. The number of carbonyl (C=O) groups excluding carboxylic acids is 2. The van der Waals surface area contributed by atoms with E-state index in [9.17, 15) is 40.2 Å². The van der Waals surface area contributed by atoms with Crippen molar-refractivity contribution in [3.05, 3.63) is 46.2 Å². The van der Waals surface area contributed by atoms with Crippen molar-refractivity contribution in [1.29, 1.82) is 5.41 Å². The summed E-state index contributed by atoms with van der Waals surface area (Å²) in [7, 11) is 2.78. The van der Waals surface area contributed by atoms with E-state index in [4.69, 9.17) is 5.41 Å². The summed E-state index contributed by atoms with van der Waals surface area (Å²) in [5.74, 6) is -10.9. The van der Waals surface area contributed by atoms with Crippen molar-refractivity contribution in [2.75, 3.05) is 14.1 Å². The molecule has 0 radical (unpaired) electrons. The predicted molar refractivity (Wildman–Crippen MR) is 113 cm³/mol. The van der Waals surface area contributed by atoms with Gasteiger partial charge in [-0.25, -0.2) is 0 Å². The van der Waals surface area contributed by atoms with Crippen LogP contribution in [-0.4, -0.2) is 140 Å². The molecule has 0 aromatic heterocycles. The van der Waals surface area contributed by atoms with Gasteiger partial charge in [0.2, 0.25) is 0 Å². The summed E-state index contributed by atoms with van der Waals surface area (Å²) in [6, 6.07) is 2.59. The van der Waals surface area contributed by atoms with E-state index in [2.05, 4.69) is 0 Å². The number of nitrogens with zero attached hydrogens (tertiary/aromatic N) is 1. The van der Waals surface area contributed by atoms with Crippen molar-refractivity contribution in [3.8, 4) is 5.75 Å². The third-order valence-electron chi connectivity index (χ3n) is 6.91. The number of likely N-dealkylation sites (N-methyl/N-ethyl adjacent to an activating group) is 1. The van der Waals surface area contributed by atoms with Crippen LogP contribution < -0.4 is 20.4 Å². The number of aliphatic hydroxyl groups excluding tert-OH is 1. The number of ketones is 2. The Balaban J connectivity index is 0.00000204. The second-order valence-corrected chi connectivity index (χ2v) is 8.69. The van der Waals surface area contributed by atoms with Gasteiger partial charge in [-0.1, -0.05) is 30.9 Å². The summed E-state index contributed by atoms with van der Waals surface area (Å²) in [6.45, 7) is 1.57. The Labute approximate surface area is 255 Å². The number of hydrogen-bond acceptors (Lipinski definition) is 10. The van der Waals surface area contributed by atoms with Crippen LogP contribution in [0.5, 0.6) is 5.75 Å². The maximum Gasteiger partial charge on any atom is 2.00 e. The minimum atomic E-state index is -3.06. The molecular weight excluding hydrogens is 500 g/mol. The first-order valence-corrected chi connectivity index (χ1v) is 9.92. The van der Waals surface area contributed by atoms with Crippen LogP contribution in [0.25, 0.3) is 5.76 Å². The van der Waals surface area contributed by atoms with Gasteiger partial charge >= 0.3 is 75.5 Å². The normalized spacial score (nSPS) is 32.4. The van der Waals surface area contributed by atoms with Crippen LogP contribution in [0.4, 0.5) is 0 Å². The monoisotopic (exact) mass is 520 g/mol. The van der Waals surface area contributed by atoms with Gasteiger partial charge in [0.15, 0.2) is 17.2 Å². The van der Waals surface area contributed by atoms with Gasteiger partial charge in [0.1, 0.15) is 5.76 Å². The minimum Gasteiger partial charge on any atom is -0.872 e. The minimum absolute atomic E-state index is 0. The summed E-state index contributed by atoms with van der Waals surface area (Å²) < 4.78 is 0. The number of rotatable bonds is 2. The predicted octanol–water partition coefficient (Wildman–Crippen LogP) is -3.88. The zero-order valence-corrected chi connectivity index (χ0v) is 23.2. The Kier molecular flexibility index (Phi) is 8.68. The van der Waals surface area contributed by atoms with Crippen LogP contribution in [0.1, 0.15) is 24.0 Å². The fraction of sp³-hybridized carbons (Fsp3) is 0.409. The van der Waals surface area contributed by atoms with Crippen molar-refractivity contribution in [2.24, 2.45) is 11.8 Å². The van der Waals surface area contributed by atoms with Crippen LogP contribution in [-0.2, 0) is 9.59 Å². The average molecular weight is 521 g/mol. The van der Waals surface area contributed by atoms with Gasteiger partial charge in [-0.15, -0.1) is 11.9 Å². The fourth-order valence-corrected chi connectivity index (χ4v) is 5.49. The number of fused-ring (bicyclic) bond motifs is 3. The van der Waals surface area contributed by atoms with E-state index in [1.54, 1.807) is 6.92 Å². The fourth-order valence-electron chi connectivity index (χ4n) is 5.49. The molecule has 3 aliphatic rings. The van der Waals surface area contributed by atoms with Crippen LogP contribution >= 0.6 is 0 Å². The smallest absolute Gasteiger partial charge is 0.872 e. The van der Waals surface area contributed by atoms with Crippen LogP contribution in [0.15, 0.2) is 35.1 Å². The summed E-state index contributed by atoms with van der Waals surface area (Å²) in [6.07, 6.45) is -1.92. The Hall–Kier alpha value is -0.691. The molecule has 0 saturated heterocycles. The Morgan fingerprint density at radius 1 is 1.18 bits per heavy atom. The molecule has 6 atom stereocenters. The van der Waals surface area contributed by atoms with Gasteiger partial charge in [0, 0.05) is 5.92 Å². The van der Waals surface area contributed by atoms with E-state index in [0.29, 0.717) is 5.56 Å². The number of nitrogens with one attached hydrogen (secondary N) is 1. The van der Waals surface area contributed by atoms with Gasteiger partial charge in [0.05, 0.1) is 11.6 Å². The largest absolute Gasteiger partial charge is 2.00 e. The Morgan fingerprint density at radius 2 is 1.76 bits per heavy atom. The molecule has 1 fully saturated rings. The van der Waals surface area contributed by atoms with Gasteiger partial charge in [0.25, 0.3) is 0 Å². The molecule has 0 unspecified atom stereocenters. The maximum atomic E-state index is 13.8. The molecule has 0 amide bonds. The van der Waals surface area contributed by atoms with E-state index >= 15 is 0 Å². The second kappa shape index (κ2) is 9.99. The molecular formula is C22H20Ca2N2O8. The molecule has 34 heavy (non-hydrogen) atoms. The average Bonchev–Trinajstić information content (AvgIpc) is 2.70. The number of aliphatic hydroxyl groups is 2. The van der Waals surface area contributed by atoms with Gasteiger partial charge < -0.3 is 36.0 Å². The standard InChI is InChI=1S/C22H23N2O8.2Ca/c1-7-8-5-4-6-9(25)11(8)16(26)12-10(7)17(27)14-15(24(2)3)18(28)13(21(23)31)20(30)22(14,32)19(12)29;;/h4-7,10,14-15,17,25-26,30,32H,1-3H3,(H2,23,31);;/q-1;2*+2/p-3/t7-,10+,14+,15+,17+,22+;;/m1../s1. The summed E-state index contributed by atoms with van der Waals surface area (Å²) in [5.41, 5.74) is -4.80. The number of Topliss-reactive ketones (excluding diaryl/α,β-unsaturated/α-hetero) is 2. The first kappa shape index (κ1) is 29.5. The van der Waals surface area contributed by atoms with Crippen molar-refractivity contribution < 1.29 is 40.2 Å². The summed E-state index contributed by atoms with van der Waals surface area (Å²) >= 11 is 0. The zero-order chi connectivity index (χ0) is 23.9. The molecule has 1 saturated carbocycles. The maximum absolute atomic E-state index is 13.8. The van der Waals surface area contributed by atoms with E-state index in [-0.39, 0.29) is 81.0 Å². The van der Waals surface area contributed by atoms with Crippen molar-refractivity contribution in [1.82, 2.24) is 4.90 Å². The quantitative estimate of drug-likeness (QED) is 0.199. The van der Waals surface area contributed by atoms with Crippen molar-refractivity contribution in [2.45, 2.75) is 30.6 Å². The van der Waals surface area contributed by atoms with E-state index in [1.807, 2.05) is 0 Å². The van der Waals surface area contributed by atoms with Crippen LogP contribution in [0.2, 0.25) is 0 Å². The van der Waals surface area contributed by atoms with Crippen LogP contribution in [0, 0.1) is 17.2 Å². The molecule has 4 rings (SSSR count). The first-order chi connectivity index (χ1) is 14.9. The zero-order valence-electron chi connectivity index (χ0n) is 18.8. The van der Waals surface area contributed by atoms with Crippen molar-refractivity contribution >= 4 is 98.7 Å². The van der Waals surface area contributed by atoms with Crippen LogP contribution in [0.3, 0.4) is 0 Å². The molecule has 0 bridgehead atoms. The Bertz CT molecular complexity index is 1150. The molecule has 10 nitrogen and oxygen atoms in total. The molecule has 170 valence electrons. The van der Waals surface area contributed by atoms with Gasteiger partial charge in [-0.05, 0) is 48.5 Å². The number of benzene rings is 1. The summed E-state index contributed by atoms with van der Waals surface area (Å²) in [4.78, 5) is 27.7. The number of hydrogen-bond donors (Lipinski definition) is 3. The topological polar surface area (TPSA) is 194 Å². The third-order valence-corrected chi connectivity index (χ3v) is 6.91. The van der Waals surface area contributed by atoms with Gasteiger partial charge in [-0.2, -0.15) is 0 Å². The molecule has 0 heterocycles. The molecule has 12 heteroatoms. The molecule has 3 aliphatic carbocycles. The third kappa shape index (κ3) is 3.77. The Morgan fingerprint density at radius 3 is 2.29 bits per heavy atom. The van der Waals surface area contributed by atoms with E-state index < -0.39 is 81.4 Å². The molecule has 3 N–H and O–H groups in total. The molecule has 0 spiro atoms. The van der Waals surface area contributed by atoms with E-state index in [1.165, 1.54) is 31.1 Å². The molecule has 0 aliphatic heterocycles. The molecule has 1 aromatic rings. The molecule has 1 aromatic carbocycles. The van der Waals surface area contributed by atoms with E-state index in [0.717, 1.165) is 6.07 Å². The first-order valence-electron chi connectivity index (χ1n) is 9.92. The second-order valence-electron chi connectivity index (χ2n) is 8.69. The van der Waals surface area contributed by atoms with Gasteiger partial charge in [-0.3, -0.25) is 14.5 Å². The van der Waals surface area contributed by atoms with Crippen molar-refractivity contribution in [3.63, 3.8) is 0 Å². The summed E-state index contributed by atoms with van der Waals surface area (Å²) in [5, 5.41) is 80.5. The SMILES string of the molecule is C[C@@H]1c2cccc([O-])c2C([O-])=C2C(=O)[C@]3(O)C(O)=C(C(=N)[O-])C(=O)[C@@H](N(C)C)[C@H]3[C@@H]([O-])[C@H]21.[Ca+2].[Ca+2].